The Morgan fingerprint density at radius 3 is 3.00 bits per heavy atom. The molecule has 0 aliphatic rings. The maximum Gasteiger partial charge on any atom is 0.257 e. The zero-order chi connectivity index (χ0) is 15.1. The van der Waals surface area contributed by atoms with Gasteiger partial charge in [-0.05, 0) is 19.1 Å². The monoisotopic (exact) mass is 289 g/mol. The van der Waals surface area contributed by atoms with E-state index >= 15 is 0 Å². The van der Waals surface area contributed by atoms with Crippen LogP contribution in [0.4, 0.5) is 5.69 Å². The van der Waals surface area contributed by atoms with Crippen LogP contribution in [0.25, 0.3) is 0 Å². The second-order valence-electron chi connectivity index (χ2n) is 4.01. The van der Waals surface area contributed by atoms with E-state index in [9.17, 15) is 9.59 Å². The summed E-state index contributed by atoms with van der Waals surface area (Å²) in [6.07, 6.45) is 4.54. The molecule has 0 radical (unpaired) electrons. The first-order valence-corrected chi connectivity index (χ1v) is 6.35. The molecule has 0 saturated heterocycles. The van der Waals surface area contributed by atoms with Gasteiger partial charge in [-0.2, -0.15) is 5.10 Å². The molecular formula is C13H15N5O3. The number of pyridine rings is 1. The van der Waals surface area contributed by atoms with Crippen molar-refractivity contribution in [1.82, 2.24) is 20.5 Å². The van der Waals surface area contributed by atoms with E-state index in [0.717, 1.165) is 0 Å². The minimum atomic E-state index is -0.422. The summed E-state index contributed by atoms with van der Waals surface area (Å²) >= 11 is 0. The third kappa shape index (κ3) is 4.03. The molecule has 2 amide bonds. The molecule has 21 heavy (non-hydrogen) atoms. The van der Waals surface area contributed by atoms with Crippen LogP contribution in [-0.4, -0.2) is 40.1 Å². The molecule has 110 valence electrons. The van der Waals surface area contributed by atoms with Crippen LogP contribution in [-0.2, 0) is 4.79 Å². The minimum Gasteiger partial charge on any atom is -0.477 e. The molecule has 0 bridgehead atoms. The largest absolute Gasteiger partial charge is 0.477 e. The summed E-state index contributed by atoms with van der Waals surface area (Å²) in [6.45, 7) is 2.04. The van der Waals surface area contributed by atoms with Crippen LogP contribution in [0.1, 0.15) is 17.3 Å². The number of carbonyl (C=O) groups is 2. The molecule has 2 heterocycles. The van der Waals surface area contributed by atoms with E-state index in [1.54, 1.807) is 19.1 Å². The smallest absolute Gasteiger partial charge is 0.257 e. The number of hydrogen-bond acceptors (Lipinski definition) is 5. The highest BCUT2D eigenvalue weighted by molar-refractivity contribution is 6.00. The Labute approximate surface area is 120 Å². The SMILES string of the molecule is CCOc1ncccc1C(=O)NCC(=O)Nc1cn[nH]c1. The van der Waals surface area contributed by atoms with Crippen molar-refractivity contribution in [2.24, 2.45) is 0 Å². The van der Waals surface area contributed by atoms with Crippen molar-refractivity contribution in [3.63, 3.8) is 0 Å². The Morgan fingerprint density at radius 2 is 2.29 bits per heavy atom. The molecule has 0 spiro atoms. The average Bonchev–Trinajstić information content (AvgIpc) is 2.98. The van der Waals surface area contributed by atoms with Crippen LogP contribution in [0.15, 0.2) is 30.7 Å². The van der Waals surface area contributed by atoms with E-state index in [4.69, 9.17) is 4.74 Å². The lowest BCUT2D eigenvalue weighted by atomic mass is 10.2. The van der Waals surface area contributed by atoms with Crippen LogP contribution in [0.3, 0.4) is 0 Å². The van der Waals surface area contributed by atoms with E-state index < -0.39 is 5.91 Å². The van der Waals surface area contributed by atoms with Gasteiger partial charge in [-0.1, -0.05) is 0 Å². The number of aromatic nitrogens is 3. The van der Waals surface area contributed by atoms with Crippen molar-refractivity contribution < 1.29 is 14.3 Å². The van der Waals surface area contributed by atoms with Crippen molar-refractivity contribution >= 4 is 17.5 Å². The van der Waals surface area contributed by atoms with Crippen LogP contribution in [0.2, 0.25) is 0 Å². The topological polar surface area (TPSA) is 109 Å². The summed E-state index contributed by atoms with van der Waals surface area (Å²) < 4.78 is 5.27. The molecule has 8 nitrogen and oxygen atoms in total. The number of aromatic amines is 1. The van der Waals surface area contributed by atoms with Crippen molar-refractivity contribution in [2.45, 2.75) is 6.92 Å². The molecule has 0 unspecified atom stereocenters. The van der Waals surface area contributed by atoms with E-state index in [0.29, 0.717) is 12.3 Å². The van der Waals surface area contributed by atoms with Crippen molar-refractivity contribution in [3.05, 3.63) is 36.3 Å². The molecule has 2 rings (SSSR count). The minimum absolute atomic E-state index is 0.162. The lowest BCUT2D eigenvalue weighted by Crippen LogP contribution is -2.33. The molecule has 0 saturated carbocycles. The predicted molar refractivity (Wildman–Crippen MR) is 75.0 cm³/mol. The van der Waals surface area contributed by atoms with Crippen LogP contribution < -0.4 is 15.4 Å². The predicted octanol–water partition coefficient (Wildman–Crippen LogP) is 0.572. The standard InChI is InChI=1S/C13H15N5O3/c1-2-21-13-10(4-3-5-14-13)12(20)15-8-11(19)18-9-6-16-17-7-9/h3-7H,2,8H2,1H3,(H,15,20)(H,16,17)(H,18,19). The van der Waals surface area contributed by atoms with E-state index in [2.05, 4.69) is 25.8 Å². The maximum atomic E-state index is 12.0. The van der Waals surface area contributed by atoms with Crippen LogP contribution in [0.5, 0.6) is 5.88 Å². The fourth-order valence-corrected chi connectivity index (χ4v) is 1.60. The maximum absolute atomic E-state index is 12.0. The van der Waals surface area contributed by atoms with Gasteiger partial charge in [-0.15, -0.1) is 0 Å². The lowest BCUT2D eigenvalue weighted by Gasteiger charge is -2.09. The molecule has 3 N–H and O–H groups in total. The zero-order valence-corrected chi connectivity index (χ0v) is 11.4. The molecular weight excluding hydrogens is 274 g/mol. The summed E-state index contributed by atoms with van der Waals surface area (Å²) in [4.78, 5) is 27.6. The summed E-state index contributed by atoms with van der Waals surface area (Å²) in [7, 11) is 0. The average molecular weight is 289 g/mol. The van der Waals surface area contributed by atoms with Gasteiger partial charge >= 0.3 is 0 Å². The van der Waals surface area contributed by atoms with Gasteiger partial charge in [0, 0.05) is 12.4 Å². The Kier molecular flexibility index (Phi) is 4.86. The summed E-state index contributed by atoms with van der Waals surface area (Å²) in [5.74, 6) is -0.534. The molecule has 0 aromatic carbocycles. The number of rotatable bonds is 6. The second kappa shape index (κ2) is 7.04. The molecule has 2 aromatic rings. The van der Waals surface area contributed by atoms with Gasteiger partial charge in [0.15, 0.2) is 0 Å². The van der Waals surface area contributed by atoms with E-state index in [1.807, 2.05) is 0 Å². The summed E-state index contributed by atoms with van der Waals surface area (Å²) in [5, 5.41) is 11.4. The molecule has 8 heteroatoms. The van der Waals surface area contributed by atoms with Gasteiger partial charge in [-0.25, -0.2) is 4.98 Å². The number of H-pyrrole nitrogens is 1. The number of carbonyl (C=O) groups excluding carboxylic acids is 2. The quantitative estimate of drug-likeness (QED) is 0.720. The van der Waals surface area contributed by atoms with Gasteiger partial charge in [0.05, 0.1) is 25.0 Å². The Bertz CT molecular complexity index is 612. The van der Waals surface area contributed by atoms with E-state index in [-0.39, 0.29) is 23.9 Å². The highest BCUT2D eigenvalue weighted by atomic mass is 16.5. The molecule has 0 atom stereocenters. The van der Waals surface area contributed by atoms with Crippen molar-refractivity contribution in [2.75, 3.05) is 18.5 Å². The molecule has 2 aromatic heterocycles. The molecule has 0 aliphatic heterocycles. The first kappa shape index (κ1) is 14.5. The Balaban J connectivity index is 1.91. The van der Waals surface area contributed by atoms with Gasteiger partial charge in [0.25, 0.3) is 5.91 Å². The zero-order valence-electron chi connectivity index (χ0n) is 11.4. The number of anilines is 1. The normalized spacial score (nSPS) is 9.95. The van der Waals surface area contributed by atoms with E-state index in [1.165, 1.54) is 18.6 Å². The van der Waals surface area contributed by atoms with Crippen molar-refractivity contribution in [1.29, 1.82) is 0 Å². The Hall–Kier alpha value is -2.90. The number of hydrogen-bond donors (Lipinski definition) is 3. The first-order chi connectivity index (χ1) is 10.2. The van der Waals surface area contributed by atoms with Crippen LogP contribution >= 0.6 is 0 Å². The third-order valence-electron chi connectivity index (χ3n) is 2.49. The van der Waals surface area contributed by atoms with Gasteiger partial charge < -0.3 is 15.4 Å². The number of amides is 2. The fraction of sp³-hybridized carbons (Fsp3) is 0.231. The lowest BCUT2D eigenvalue weighted by molar-refractivity contribution is -0.115. The summed E-state index contributed by atoms with van der Waals surface area (Å²) in [6, 6.07) is 3.21. The molecule has 0 aliphatic carbocycles. The highest BCUT2D eigenvalue weighted by Gasteiger charge is 2.14. The second-order valence-corrected chi connectivity index (χ2v) is 4.01. The van der Waals surface area contributed by atoms with Crippen molar-refractivity contribution in [3.8, 4) is 5.88 Å². The van der Waals surface area contributed by atoms with Gasteiger partial charge in [0.1, 0.15) is 5.56 Å². The molecule has 0 fully saturated rings. The Morgan fingerprint density at radius 1 is 1.43 bits per heavy atom. The number of ether oxygens (including phenoxy) is 1. The first-order valence-electron chi connectivity index (χ1n) is 6.35. The highest BCUT2D eigenvalue weighted by Crippen LogP contribution is 2.13. The summed E-state index contributed by atoms with van der Waals surface area (Å²) in [5.41, 5.74) is 0.820. The number of nitrogens with zero attached hydrogens (tertiary/aromatic N) is 2. The fourth-order valence-electron chi connectivity index (χ4n) is 1.60. The third-order valence-corrected chi connectivity index (χ3v) is 2.49. The van der Waals surface area contributed by atoms with Gasteiger partial charge in [-0.3, -0.25) is 14.7 Å². The van der Waals surface area contributed by atoms with Gasteiger partial charge in [0.2, 0.25) is 11.8 Å². The number of nitrogens with one attached hydrogen (secondary N) is 3. The van der Waals surface area contributed by atoms with Crippen LogP contribution in [0, 0.1) is 0 Å².